The lowest BCUT2D eigenvalue weighted by molar-refractivity contribution is 0.775. The van der Waals surface area contributed by atoms with Crippen LogP contribution in [-0.2, 0) is 0 Å². The highest BCUT2D eigenvalue weighted by molar-refractivity contribution is 5.48. The predicted molar refractivity (Wildman–Crippen MR) is 60.6 cm³/mol. The molecule has 5 nitrogen and oxygen atoms in total. The molecule has 2 rings (SSSR count). The fourth-order valence-corrected chi connectivity index (χ4v) is 1.31. The van der Waals surface area contributed by atoms with Crippen LogP contribution in [0.3, 0.4) is 0 Å². The van der Waals surface area contributed by atoms with Crippen molar-refractivity contribution in [1.29, 1.82) is 0 Å². The summed E-state index contributed by atoms with van der Waals surface area (Å²) in [6.45, 7) is 4.13. The number of anilines is 2. The van der Waals surface area contributed by atoms with Crippen molar-refractivity contribution < 1.29 is 0 Å². The highest BCUT2D eigenvalue weighted by Crippen LogP contribution is 2.25. The highest BCUT2D eigenvalue weighted by Gasteiger charge is 2.22. The third-order valence-corrected chi connectivity index (χ3v) is 2.34. The number of nitrogens with two attached hydrogens (primary N) is 1. The molecule has 1 heterocycles. The Bertz CT molecular complexity index is 346. The lowest BCUT2D eigenvalue weighted by Gasteiger charge is -2.10. The first-order chi connectivity index (χ1) is 7.19. The Labute approximate surface area is 89.5 Å². The number of hydrazine groups is 1. The molecular weight excluding hydrogens is 190 g/mol. The quantitative estimate of drug-likeness (QED) is 0.515. The van der Waals surface area contributed by atoms with Crippen molar-refractivity contribution >= 4 is 11.6 Å². The van der Waals surface area contributed by atoms with Crippen molar-refractivity contribution in [3.8, 4) is 0 Å². The molecule has 1 saturated carbocycles. The van der Waals surface area contributed by atoms with Crippen LogP contribution in [0.5, 0.6) is 0 Å². The molecule has 0 saturated heterocycles. The summed E-state index contributed by atoms with van der Waals surface area (Å²) in [5.41, 5.74) is 2.57. The van der Waals surface area contributed by atoms with Crippen molar-refractivity contribution in [2.75, 3.05) is 10.7 Å². The summed E-state index contributed by atoms with van der Waals surface area (Å²) in [5.74, 6) is 8.01. The van der Waals surface area contributed by atoms with Gasteiger partial charge in [0.05, 0.1) is 0 Å². The lowest BCUT2D eigenvalue weighted by Crippen LogP contribution is -2.13. The van der Waals surface area contributed by atoms with E-state index in [1.165, 1.54) is 12.8 Å². The number of hydrogen-bond donors (Lipinski definition) is 3. The van der Waals surface area contributed by atoms with Gasteiger partial charge in [-0.15, -0.1) is 0 Å². The van der Waals surface area contributed by atoms with E-state index in [0.29, 0.717) is 17.8 Å². The van der Waals surface area contributed by atoms with Gasteiger partial charge in [-0.05, 0) is 12.8 Å². The van der Waals surface area contributed by atoms with Gasteiger partial charge in [-0.1, -0.05) is 13.8 Å². The molecule has 0 aromatic carbocycles. The van der Waals surface area contributed by atoms with Crippen LogP contribution >= 0.6 is 0 Å². The lowest BCUT2D eigenvalue weighted by atomic mass is 10.2. The summed E-state index contributed by atoms with van der Waals surface area (Å²) in [7, 11) is 0. The third kappa shape index (κ3) is 2.56. The fourth-order valence-electron chi connectivity index (χ4n) is 1.31. The summed E-state index contributed by atoms with van der Waals surface area (Å²) in [6, 6.07) is 2.43. The molecule has 0 bridgehead atoms. The van der Waals surface area contributed by atoms with Crippen LogP contribution in [0.25, 0.3) is 0 Å². The summed E-state index contributed by atoms with van der Waals surface area (Å²) >= 11 is 0. The van der Waals surface area contributed by atoms with E-state index in [-0.39, 0.29) is 0 Å². The zero-order chi connectivity index (χ0) is 10.8. The van der Waals surface area contributed by atoms with Crippen LogP contribution in [0.2, 0.25) is 0 Å². The molecule has 0 aliphatic heterocycles. The summed E-state index contributed by atoms with van der Waals surface area (Å²) in [5, 5.41) is 3.34. The third-order valence-electron chi connectivity index (χ3n) is 2.34. The van der Waals surface area contributed by atoms with Gasteiger partial charge >= 0.3 is 0 Å². The van der Waals surface area contributed by atoms with E-state index < -0.39 is 0 Å². The second-order valence-electron chi connectivity index (χ2n) is 4.21. The molecule has 0 unspecified atom stereocenters. The van der Waals surface area contributed by atoms with Crippen LogP contribution in [0, 0.1) is 0 Å². The maximum absolute atomic E-state index is 5.37. The molecule has 15 heavy (non-hydrogen) atoms. The zero-order valence-electron chi connectivity index (χ0n) is 9.12. The van der Waals surface area contributed by atoms with E-state index >= 15 is 0 Å². The maximum Gasteiger partial charge on any atom is 0.145 e. The van der Waals surface area contributed by atoms with Gasteiger partial charge in [0.15, 0.2) is 0 Å². The molecular formula is C10H17N5. The average molecular weight is 207 g/mol. The second kappa shape index (κ2) is 4.02. The molecule has 1 aromatic heterocycles. The largest absolute Gasteiger partial charge is 0.367 e. The number of nitrogen functional groups attached to an aromatic ring is 1. The van der Waals surface area contributed by atoms with Crippen LogP contribution in [0.4, 0.5) is 11.6 Å². The molecule has 0 amide bonds. The van der Waals surface area contributed by atoms with Gasteiger partial charge in [0, 0.05) is 18.0 Å². The topological polar surface area (TPSA) is 75.9 Å². The number of nitrogens with one attached hydrogen (secondary N) is 2. The first-order valence-corrected chi connectivity index (χ1v) is 5.31. The van der Waals surface area contributed by atoms with Gasteiger partial charge < -0.3 is 10.7 Å². The average Bonchev–Trinajstić information content (AvgIpc) is 3.01. The first kappa shape index (κ1) is 10.2. The number of nitrogens with zero attached hydrogens (tertiary/aromatic N) is 2. The summed E-state index contributed by atoms with van der Waals surface area (Å²) in [6.07, 6.45) is 2.46. The molecule has 1 aliphatic rings. The van der Waals surface area contributed by atoms with Crippen molar-refractivity contribution in [2.24, 2.45) is 5.84 Å². The maximum atomic E-state index is 5.37. The van der Waals surface area contributed by atoms with Crippen LogP contribution < -0.4 is 16.6 Å². The Morgan fingerprint density at radius 1 is 1.33 bits per heavy atom. The van der Waals surface area contributed by atoms with Crippen molar-refractivity contribution in [3.05, 3.63) is 11.9 Å². The van der Waals surface area contributed by atoms with Gasteiger partial charge in [0.25, 0.3) is 0 Å². The molecule has 1 aromatic rings. The second-order valence-corrected chi connectivity index (χ2v) is 4.21. The molecule has 5 heteroatoms. The van der Waals surface area contributed by atoms with E-state index in [2.05, 4.69) is 34.6 Å². The fraction of sp³-hybridized carbons (Fsp3) is 0.600. The number of aromatic nitrogens is 2. The number of hydrogen-bond acceptors (Lipinski definition) is 5. The van der Waals surface area contributed by atoms with Crippen LogP contribution in [0.15, 0.2) is 6.07 Å². The molecule has 0 radical (unpaired) electrons. The smallest absolute Gasteiger partial charge is 0.145 e. The standard InChI is InChI=1S/C10H17N5/c1-6(2)10-13-8(12-7-3-4-7)5-9(14-10)15-11/h5-7H,3-4,11H2,1-2H3,(H2,12,13,14,15). The summed E-state index contributed by atoms with van der Waals surface area (Å²) in [4.78, 5) is 8.74. The van der Waals surface area contributed by atoms with E-state index in [4.69, 9.17) is 5.84 Å². The van der Waals surface area contributed by atoms with Crippen molar-refractivity contribution in [2.45, 2.75) is 38.6 Å². The van der Waals surface area contributed by atoms with Crippen LogP contribution in [0.1, 0.15) is 38.4 Å². The van der Waals surface area contributed by atoms with Gasteiger partial charge in [-0.2, -0.15) is 0 Å². The van der Waals surface area contributed by atoms with Crippen molar-refractivity contribution in [3.63, 3.8) is 0 Å². The number of rotatable bonds is 4. The Balaban J connectivity index is 2.23. The van der Waals surface area contributed by atoms with E-state index in [9.17, 15) is 0 Å². The Morgan fingerprint density at radius 2 is 2.00 bits per heavy atom. The highest BCUT2D eigenvalue weighted by atomic mass is 15.3. The first-order valence-electron chi connectivity index (χ1n) is 5.31. The van der Waals surface area contributed by atoms with Crippen LogP contribution in [-0.4, -0.2) is 16.0 Å². The minimum atomic E-state index is 0.304. The van der Waals surface area contributed by atoms with Gasteiger partial charge in [-0.25, -0.2) is 15.8 Å². The SMILES string of the molecule is CC(C)c1nc(NN)cc(NC2CC2)n1. The molecule has 0 spiro atoms. The Morgan fingerprint density at radius 3 is 2.53 bits per heavy atom. The van der Waals surface area contributed by atoms with Gasteiger partial charge in [-0.3, -0.25) is 0 Å². The minimum Gasteiger partial charge on any atom is -0.367 e. The molecule has 4 N–H and O–H groups in total. The molecule has 0 atom stereocenters. The van der Waals surface area contributed by atoms with Gasteiger partial charge in [0.2, 0.25) is 0 Å². The van der Waals surface area contributed by atoms with E-state index in [1.54, 1.807) is 0 Å². The Kier molecular flexibility index (Phi) is 2.73. The van der Waals surface area contributed by atoms with Crippen molar-refractivity contribution in [1.82, 2.24) is 9.97 Å². The normalized spacial score (nSPS) is 15.5. The Hall–Kier alpha value is -1.36. The monoisotopic (exact) mass is 207 g/mol. The molecule has 1 fully saturated rings. The predicted octanol–water partition coefficient (Wildman–Crippen LogP) is 1.46. The summed E-state index contributed by atoms with van der Waals surface area (Å²) < 4.78 is 0. The van der Waals surface area contributed by atoms with Gasteiger partial charge in [0.1, 0.15) is 17.5 Å². The minimum absolute atomic E-state index is 0.304. The zero-order valence-corrected chi connectivity index (χ0v) is 9.12. The van der Waals surface area contributed by atoms with E-state index in [0.717, 1.165) is 11.6 Å². The molecule has 1 aliphatic carbocycles. The van der Waals surface area contributed by atoms with E-state index in [1.807, 2.05) is 6.07 Å². The molecule has 82 valence electrons.